The molecule has 0 aliphatic carbocycles. The number of ether oxygens (including phenoxy) is 1. The van der Waals surface area contributed by atoms with Crippen molar-refractivity contribution in [1.29, 1.82) is 0 Å². The van der Waals surface area contributed by atoms with Gasteiger partial charge in [-0.05, 0) is 20.0 Å². The predicted molar refractivity (Wildman–Crippen MR) is 63.5 cm³/mol. The quantitative estimate of drug-likeness (QED) is 0.654. The maximum Gasteiger partial charge on any atom is 0.173 e. The van der Waals surface area contributed by atoms with Gasteiger partial charge in [0.15, 0.2) is 5.06 Å². The summed E-state index contributed by atoms with van der Waals surface area (Å²) in [5.74, 6) is 1.12. The van der Waals surface area contributed by atoms with Gasteiger partial charge in [-0.1, -0.05) is 26.0 Å². The van der Waals surface area contributed by atoms with Crippen LogP contribution < -0.4 is 0 Å². The largest absolute Gasteiger partial charge is 0.350 e. The molecule has 82 valence electrons. The van der Waals surface area contributed by atoms with E-state index in [-0.39, 0.29) is 5.06 Å². The first-order chi connectivity index (χ1) is 6.79. The smallest absolute Gasteiger partial charge is 0.173 e. The van der Waals surface area contributed by atoms with Crippen LogP contribution in [-0.4, -0.2) is 35.4 Å². The predicted octanol–water partition coefficient (Wildman–Crippen LogP) is 2.71. The second-order valence-corrected chi connectivity index (χ2v) is 4.69. The third-order valence-electron chi connectivity index (χ3n) is 2.60. The Bertz CT molecular complexity index is 184. The second kappa shape index (κ2) is 5.79. The van der Waals surface area contributed by atoms with Crippen LogP contribution >= 0.6 is 11.8 Å². The third-order valence-corrected chi connectivity index (χ3v) is 3.96. The lowest BCUT2D eigenvalue weighted by Crippen LogP contribution is -2.45. The first kappa shape index (κ1) is 12.1. The molecule has 0 aromatic rings. The number of rotatable bonds is 5. The van der Waals surface area contributed by atoms with Crippen LogP contribution in [0.25, 0.3) is 0 Å². The van der Waals surface area contributed by atoms with E-state index in [1.54, 1.807) is 0 Å². The highest BCUT2D eigenvalue weighted by Gasteiger charge is 2.39. The van der Waals surface area contributed by atoms with E-state index in [4.69, 9.17) is 4.74 Å². The molecule has 1 rings (SSSR count). The van der Waals surface area contributed by atoms with Gasteiger partial charge in [0.2, 0.25) is 0 Å². The Labute approximate surface area is 91.7 Å². The number of allylic oxidation sites excluding steroid dienone is 1. The molecule has 0 aromatic heterocycles. The maximum absolute atomic E-state index is 5.92. The summed E-state index contributed by atoms with van der Waals surface area (Å²) >= 11 is 1.94. The molecule has 14 heavy (non-hydrogen) atoms. The molecule has 1 atom stereocenters. The summed E-state index contributed by atoms with van der Waals surface area (Å²) in [4.78, 5) is 2.41. The summed E-state index contributed by atoms with van der Waals surface area (Å²) < 4.78 is 5.92. The van der Waals surface area contributed by atoms with E-state index in [1.165, 1.54) is 0 Å². The molecule has 1 aliphatic rings. The van der Waals surface area contributed by atoms with E-state index in [1.807, 2.05) is 11.8 Å². The topological polar surface area (TPSA) is 12.5 Å². The van der Waals surface area contributed by atoms with Gasteiger partial charge in [0.1, 0.15) is 0 Å². The zero-order valence-electron chi connectivity index (χ0n) is 9.45. The number of nitrogens with zero attached hydrogens (tertiary/aromatic N) is 1. The van der Waals surface area contributed by atoms with Crippen molar-refractivity contribution in [3.63, 3.8) is 0 Å². The monoisotopic (exact) mass is 215 g/mol. The molecule has 3 heteroatoms. The number of hydrogen-bond acceptors (Lipinski definition) is 3. The van der Waals surface area contributed by atoms with Crippen molar-refractivity contribution in [3.05, 3.63) is 12.2 Å². The number of thioether (sulfide) groups is 1. The minimum atomic E-state index is -0.0734. The van der Waals surface area contributed by atoms with Gasteiger partial charge < -0.3 is 4.74 Å². The SMILES string of the molecule is CC=CCC1(N(CC)CC)OCCS1. The first-order valence-corrected chi connectivity index (χ1v) is 6.41. The molecule has 1 unspecified atom stereocenters. The van der Waals surface area contributed by atoms with Gasteiger partial charge in [-0.15, -0.1) is 11.8 Å². The van der Waals surface area contributed by atoms with Crippen molar-refractivity contribution in [3.8, 4) is 0 Å². The summed E-state index contributed by atoms with van der Waals surface area (Å²) in [6.07, 6.45) is 5.31. The van der Waals surface area contributed by atoms with E-state index in [0.29, 0.717) is 0 Å². The maximum atomic E-state index is 5.92. The molecule has 1 heterocycles. The van der Waals surface area contributed by atoms with Gasteiger partial charge in [0, 0.05) is 12.2 Å². The molecule has 0 radical (unpaired) electrons. The van der Waals surface area contributed by atoms with Crippen LogP contribution in [0.2, 0.25) is 0 Å². The molecule has 0 N–H and O–H groups in total. The molecule has 1 aliphatic heterocycles. The van der Waals surface area contributed by atoms with E-state index in [0.717, 1.165) is 31.9 Å². The van der Waals surface area contributed by atoms with Crippen LogP contribution in [-0.2, 0) is 4.74 Å². The zero-order chi connectivity index (χ0) is 10.4. The zero-order valence-corrected chi connectivity index (χ0v) is 10.3. The molecule has 0 aromatic carbocycles. The average Bonchev–Trinajstić information content (AvgIpc) is 2.67. The fourth-order valence-electron chi connectivity index (χ4n) is 1.85. The first-order valence-electron chi connectivity index (χ1n) is 5.43. The molecule has 0 saturated carbocycles. The Morgan fingerprint density at radius 2 is 2.14 bits per heavy atom. The standard InChI is InChI=1S/C11H21NOS/c1-4-7-8-11(12(5-2)6-3)13-9-10-14-11/h4,7H,5-6,8-10H2,1-3H3. The van der Waals surface area contributed by atoms with Crippen LogP contribution in [0.4, 0.5) is 0 Å². The van der Waals surface area contributed by atoms with Crippen molar-refractivity contribution in [2.24, 2.45) is 0 Å². The molecular weight excluding hydrogens is 194 g/mol. The second-order valence-electron chi connectivity index (χ2n) is 3.36. The molecule has 0 spiro atoms. The Morgan fingerprint density at radius 3 is 2.57 bits per heavy atom. The summed E-state index contributed by atoms with van der Waals surface area (Å²) in [7, 11) is 0. The minimum Gasteiger partial charge on any atom is -0.350 e. The Kier molecular flexibility index (Phi) is 4.99. The molecule has 0 bridgehead atoms. The van der Waals surface area contributed by atoms with E-state index < -0.39 is 0 Å². The highest BCUT2D eigenvalue weighted by atomic mass is 32.2. The lowest BCUT2D eigenvalue weighted by atomic mass is 10.3. The van der Waals surface area contributed by atoms with Gasteiger partial charge in [-0.3, -0.25) is 4.90 Å². The highest BCUT2D eigenvalue weighted by Crippen LogP contribution is 2.39. The van der Waals surface area contributed by atoms with E-state index >= 15 is 0 Å². The fraction of sp³-hybridized carbons (Fsp3) is 0.818. The van der Waals surface area contributed by atoms with Gasteiger partial charge in [0.05, 0.1) is 6.61 Å². The Balaban J connectivity index is 2.68. The Morgan fingerprint density at radius 1 is 1.43 bits per heavy atom. The third kappa shape index (κ3) is 2.53. The summed E-state index contributed by atoms with van der Waals surface area (Å²) in [5.41, 5.74) is 0. The molecular formula is C11H21NOS. The van der Waals surface area contributed by atoms with Gasteiger partial charge in [-0.2, -0.15) is 0 Å². The molecule has 1 fully saturated rings. The van der Waals surface area contributed by atoms with Crippen molar-refractivity contribution >= 4 is 11.8 Å². The van der Waals surface area contributed by atoms with Crippen LogP contribution in [0.15, 0.2) is 12.2 Å². The van der Waals surface area contributed by atoms with Gasteiger partial charge >= 0.3 is 0 Å². The fourth-order valence-corrected chi connectivity index (χ4v) is 3.15. The molecule has 2 nitrogen and oxygen atoms in total. The van der Waals surface area contributed by atoms with Crippen LogP contribution in [0.3, 0.4) is 0 Å². The number of hydrogen-bond donors (Lipinski definition) is 0. The average molecular weight is 215 g/mol. The van der Waals surface area contributed by atoms with E-state index in [2.05, 4.69) is 37.8 Å². The van der Waals surface area contributed by atoms with Crippen LogP contribution in [0, 0.1) is 0 Å². The van der Waals surface area contributed by atoms with E-state index in [9.17, 15) is 0 Å². The van der Waals surface area contributed by atoms with Crippen LogP contribution in [0.5, 0.6) is 0 Å². The lowest BCUT2D eigenvalue weighted by Gasteiger charge is -2.37. The van der Waals surface area contributed by atoms with Crippen molar-refractivity contribution in [2.75, 3.05) is 25.4 Å². The van der Waals surface area contributed by atoms with Gasteiger partial charge in [-0.25, -0.2) is 0 Å². The lowest BCUT2D eigenvalue weighted by molar-refractivity contribution is -0.0645. The van der Waals surface area contributed by atoms with Crippen molar-refractivity contribution in [1.82, 2.24) is 4.90 Å². The van der Waals surface area contributed by atoms with Crippen LogP contribution in [0.1, 0.15) is 27.2 Å². The normalized spacial score (nSPS) is 28.0. The summed E-state index contributed by atoms with van der Waals surface area (Å²) in [6.45, 7) is 9.46. The highest BCUT2D eigenvalue weighted by molar-refractivity contribution is 8.00. The molecule has 1 saturated heterocycles. The minimum absolute atomic E-state index is 0.0734. The molecule has 0 amide bonds. The summed E-state index contributed by atoms with van der Waals surface area (Å²) in [6, 6.07) is 0. The van der Waals surface area contributed by atoms with Crippen molar-refractivity contribution in [2.45, 2.75) is 32.2 Å². The Hall–Kier alpha value is 0.0100. The van der Waals surface area contributed by atoms with Gasteiger partial charge in [0.25, 0.3) is 0 Å². The van der Waals surface area contributed by atoms with Crippen molar-refractivity contribution < 1.29 is 4.74 Å². The summed E-state index contributed by atoms with van der Waals surface area (Å²) in [5, 5.41) is -0.0734.